The zero-order chi connectivity index (χ0) is 24.7. The summed E-state index contributed by atoms with van der Waals surface area (Å²) >= 11 is 8.24. The van der Waals surface area contributed by atoms with Crippen molar-refractivity contribution < 1.29 is 0 Å². The number of rotatable bonds is 4. The van der Waals surface area contributed by atoms with Gasteiger partial charge < -0.3 is 0 Å². The molecule has 0 spiro atoms. The Morgan fingerprint density at radius 1 is 0.943 bits per heavy atom. The molecule has 2 heterocycles. The molecule has 0 bridgehead atoms. The highest BCUT2D eigenvalue weighted by Gasteiger charge is 2.17. The quantitative estimate of drug-likeness (QED) is 0.212. The molecule has 0 saturated carbocycles. The molecule has 0 N–H and O–H groups in total. The predicted molar refractivity (Wildman–Crippen MR) is 148 cm³/mol. The van der Waals surface area contributed by atoms with Gasteiger partial charge in [-0.1, -0.05) is 29.8 Å². The molecule has 0 aliphatic heterocycles. The predicted octanol–water partition coefficient (Wildman–Crippen LogP) is 5.19. The van der Waals surface area contributed by atoms with E-state index in [2.05, 4.69) is 27.6 Å². The lowest BCUT2D eigenvalue weighted by Gasteiger charge is -2.11. The molecule has 7 nitrogen and oxygen atoms in total. The fourth-order valence-corrected chi connectivity index (χ4v) is 4.54. The van der Waals surface area contributed by atoms with Gasteiger partial charge in [-0.15, -0.1) is 0 Å². The van der Waals surface area contributed by atoms with Crippen molar-refractivity contribution in [1.29, 1.82) is 0 Å². The molecule has 5 rings (SSSR count). The summed E-state index contributed by atoms with van der Waals surface area (Å²) in [4.78, 5) is 36.0. The van der Waals surface area contributed by atoms with Crippen LogP contribution >= 0.6 is 34.2 Å². The van der Waals surface area contributed by atoms with E-state index >= 15 is 0 Å². The van der Waals surface area contributed by atoms with Crippen LogP contribution in [-0.2, 0) is 7.05 Å². The Hall–Kier alpha value is -3.50. The zero-order valence-corrected chi connectivity index (χ0v) is 21.7. The molecule has 9 heteroatoms. The van der Waals surface area contributed by atoms with Crippen LogP contribution in [0, 0.1) is 10.5 Å². The Bertz CT molecular complexity index is 1720. The molecule has 3 aromatic carbocycles. The molecule has 0 amide bonds. The molecule has 0 fully saturated rings. The number of aliphatic imine (C=N–C) groups is 1. The van der Waals surface area contributed by atoms with Crippen molar-refractivity contribution in [2.75, 3.05) is 0 Å². The second kappa shape index (κ2) is 9.27. The Morgan fingerprint density at radius 2 is 1.66 bits per heavy atom. The van der Waals surface area contributed by atoms with Crippen LogP contribution in [0.1, 0.15) is 11.5 Å². The molecule has 0 unspecified atom stereocenters. The third-order valence-electron chi connectivity index (χ3n) is 5.77. The summed E-state index contributed by atoms with van der Waals surface area (Å²) in [5, 5.41) is 1.05. The van der Waals surface area contributed by atoms with Gasteiger partial charge in [-0.3, -0.25) is 18.8 Å². The number of halogens is 2. The molecule has 0 atom stereocenters. The lowest BCUT2D eigenvalue weighted by Crippen LogP contribution is -2.24. The second-order valence-electron chi connectivity index (χ2n) is 7.92. The molecule has 2 aromatic heterocycles. The van der Waals surface area contributed by atoms with Crippen LogP contribution in [0.3, 0.4) is 0 Å². The summed E-state index contributed by atoms with van der Waals surface area (Å²) < 4.78 is 5.72. The van der Waals surface area contributed by atoms with Crippen molar-refractivity contribution in [3.8, 4) is 11.4 Å². The van der Waals surface area contributed by atoms with Crippen molar-refractivity contribution in [3.05, 3.63) is 114 Å². The Morgan fingerprint density at radius 3 is 2.37 bits per heavy atom. The number of aromatic nitrogens is 4. The van der Waals surface area contributed by atoms with Crippen LogP contribution in [0.15, 0.2) is 87.4 Å². The minimum Gasteiger partial charge on any atom is -0.283 e. The molecular weight excluding hydrogens is 577 g/mol. The molecule has 0 saturated heterocycles. The molecular formula is C26H19ClIN5O2. The van der Waals surface area contributed by atoms with Gasteiger partial charge in [-0.25, -0.2) is 14.7 Å². The lowest BCUT2D eigenvalue weighted by molar-refractivity contribution is 0.630. The van der Waals surface area contributed by atoms with Crippen LogP contribution in [0.2, 0.25) is 5.02 Å². The fourth-order valence-electron chi connectivity index (χ4n) is 3.93. The average Bonchev–Trinajstić information content (AvgIpc) is 3.07. The van der Waals surface area contributed by atoms with Gasteiger partial charge in [-0.2, -0.15) is 0 Å². The van der Waals surface area contributed by atoms with Crippen molar-refractivity contribution in [1.82, 2.24) is 18.9 Å². The number of nitrogens with zero attached hydrogens (tertiary/aromatic N) is 5. The second-order valence-corrected chi connectivity index (χ2v) is 9.60. The van der Waals surface area contributed by atoms with Crippen LogP contribution in [0.25, 0.3) is 22.3 Å². The first-order valence-corrected chi connectivity index (χ1v) is 12.2. The van der Waals surface area contributed by atoms with Crippen molar-refractivity contribution in [2.24, 2.45) is 12.0 Å². The van der Waals surface area contributed by atoms with E-state index in [-0.39, 0.29) is 16.8 Å². The van der Waals surface area contributed by atoms with E-state index in [1.165, 1.54) is 10.8 Å². The number of hydrogen-bond acceptors (Lipinski definition) is 4. The summed E-state index contributed by atoms with van der Waals surface area (Å²) in [6.45, 7) is 1.83. The van der Waals surface area contributed by atoms with Crippen molar-refractivity contribution in [2.45, 2.75) is 6.92 Å². The van der Waals surface area contributed by atoms with Crippen LogP contribution in [0.4, 0.5) is 5.69 Å². The van der Waals surface area contributed by atoms with Crippen LogP contribution in [-0.4, -0.2) is 25.1 Å². The third-order valence-corrected chi connectivity index (χ3v) is 6.70. The summed E-state index contributed by atoms with van der Waals surface area (Å²) in [5.41, 5.74) is 2.35. The van der Waals surface area contributed by atoms with Gasteiger partial charge in [0.05, 0.1) is 34.2 Å². The van der Waals surface area contributed by atoms with E-state index in [1.54, 1.807) is 45.8 Å². The lowest BCUT2D eigenvalue weighted by atomic mass is 10.2. The van der Waals surface area contributed by atoms with E-state index < -0.39 is 0 Å². The molecule has 174 valence electrons. The Balaban J connectivity index is 1.71. The van der Waals surface area contributed by atoms with Gasteiger partial charge in [-0.05, 0) is 84.1 Å². The van der Waals surface area contributed by atoms with Gasteiger partial charge in [0.15, 0.2) is 11.5 Å². The van der Waals surface area contributed by atoms with Crippen molar-refractivity contribution >= 4 is 57.0 Å². The van der Waals surface area contributed by atoms with E-state index in [1.807, 2.05) is 50.4 Å². The highest BCUT2D eigenvalue weighted by atomic mass is 127. The smallest absolute Gasteiger partial charge is 0.283 e. The van der Waals surface area contributed by atoms with Crippen molar-refractivity contribution in [3.63, 3.8) is 0 Å². The highest BCUT2D eigenvalue weighted by molar-refractivity contribution is 14.1. The maximum absolute atomic E-state index is 13.5. The maximum atomic E-state index is 13.5. The minimum atomic E-state index is -0.261. The number of hydrogen-bond donors (Lipinski definition) is 0. The molecule has 0 aliphatic carbocycles. The normalized spacial score (nSPS) is 11.5. The Kier molecular flexibility index (Phi) is 6.16. The molecule has 0 aliphatic rings. The van der Waals surface area contributed by atoms with Gasteiger partial charge in [0.1, 0.15) is 0 Å². The first kappa shape index (κ1) is 23.3. The van der Waals surface area contributed by atoms with Gasteiger partial charge in [0.25, 0.3) is 11.1 Å². The summed E-state index contributed by atoms with van der Waals surface area (Å²) in [6, 6.07) is 21.8. The van der Waals surface area contributed by atoms with Gasteiger partial charge >= 0.3 is 0 Å². The Labute approximate surface area is 219 Å². The first-order chi connectivity index (χ1) is 16.8. The average molecular weight is 596 g/mol. The number of para-hydroxylation sites is 1. The van der Waals surface area contributed by atoms with Crippen LogP contribution < -0.4 is 11.1 Å². The third kappa shape index (κ3) is 4.23. The highest BCUT2D eigenvalue weighted by Crippen LogP contribution is 2.19. The van der Waals surface area contributed by atoms with Crippen LogP contribution in [0.5, 0.6) is 0 Å². The molecule has 5 aromatic rings. The van der Waals surface area contributed by atoms with Gasteiger partial charge in [0, 0.05) is 15.6 Å². The fraction of sp³-hybridized carbons (Fsp3) is 0.0769. The summed E-state index contributed by atoms with van der Waals surface area (Å²) in [6.07, 6.45) is 1.46. The van der Waals surface area contributed by atoms with Gasteiger partial charge in [0.2, 0.25) is 0 Å². The molecule has 0 radical (unpaired) electrons. The number of fused-ring (bicyclic) bond motifs is 1. The van der Waals surface area contributed by atoms with E-state index in [0.29, 0.717) is 33.1 Å². The summed E-state index contributed by atoms with van der Waals surface area (Å²) in [7, 11) is 1.81. The van der Waals surface area contributed by atoms with E-state index in [9.17, 15) is 9.59 Å². The summed E-state index contributed by atoms with van der Waals surface area (Å²) in [5.74, 6) is 0.306. The molecule has 35 heavy (non-hydrogen) atoms. The largest absolute Gasteiger partial charge is 0.297 e. The monoisotopic (exact) mass is 595 g/mol. The maximum Gasteiger partial charge on any atom is 0.297 e. The number of benzene rings is 3. The SMILES string of the molecule is Cc1c(N=Cc2nc3ccc(I)cc3c(=O)n2-c2ccc(Cl)cc2)c(=O)n(-c2ccccc2)n1C. The minimum absolute atomic E-state index is 0.233. The van der Waals surface area contributed by atoms with E-state index in [4.69, 9.17) is 16.6 Å². The topological polar surface area (TPSA) is 74.2 Å². The zero-order valence-electron chi connectivity index (χ0n) is 18.8. The van der Waals surface area contributed by atoms with E-state index in [0.717, 1.165) is 9.26 Å². The first-order valence-electron chi connectivity index (χ1n) is 10.7. The standard InChI is InChI=1S/C26H19ClIN5O2/c1-16-24(26(35)33(31(16)2)20-6-4-3-5-7-20)29-15-23-30-22-13-10-18(28)14-21(22)25(34)32(23)19-11-8-17(27)9-12-19/h3-15H,1-2H3.